The van der Waals surface area contributed by atoms with E-state index in [2.05, 4.69) is 5.32 Å². The highest BCUT2D eigenvalue weighted by Gasteiger charge is 2.18. The second kappa shape index (κ2) is 10.4. The summed E-state index contributed by atoms with van der Waals surface area (Å²) >= 11 is 0. The van der Waals surface area contributed by atoms with Crippen molar-refractivity contribution >= 4 is 11.9 Å². The first-order valence-electron chi connectivity index (χ1n) is 8.81. The predicted molar refractivity (Wildman–Crippen MR) is 101 cm³/mol. The van der Waals surface area contributed by atoms with Gasteiger partial charge in [-0.15, -0.1) is 0 Å². The lowest BCUT2D eigenvalue weighted by molar-refractivity contribution is -0.147. The Kier molecular flexibility index (Phi) is 7.83. The molecule has 0 fully saturated rings. The van der Waals surface area contributed by atoms with Crippen molar-refractivity contribution in [3.8, 4) is 0 Å². The summed E-state index contributed by atoms with van der Waals surface area (Å²) in [6.07, 6.45) is 0.737. The number of carbonyl (C=O) groups is 2. The molecule has 26 heavy (non-hydrogen) atoms. The molecule has 2 rings (SSSR count). The first kappa shape index (κ1) is 19.7. The second-order valence-corrected chi connectivity index (χ2v) is 6.45. The van der Waals surface area contributed by atoms with E-state index >= 15 is 0 Å². The summed E-state index contributed by atoms with van der Waals surface area (Å²) in [7, 11) is 0. The Morgan fingerprint density at radius 3 is 2.19 bits per heavy atom. The molecule has 0 bridgehead atoms. The maximum atomic E-state index is 12.1. The Hall–Kier alpha value is -2.66. The molecule has 0 aliphatic heterocycles. The number of carbonyl (C=O) groups excluding carboxylic acids is 2. The first-order valence-corrected chi connectivity index (χ1v) is 8.81. The van der Waals surface area contributed by atoms with E-state index in [4.69, 9.17) is 10.5 Å². The van der Waals surface area contributed by atoms with Crippen molar-refractivity contribution in [2.24, 2.45) is 11.7 Å². The van der Waals surface area contributed by atoms with E-state index in [-0.39, 0.29) is 30.9 Å². The molecule has 0 saturated heterocycles. The number of esters is 1. The summed E-state index contributed by atoms with van der Waals surface area (Å²) in [5.74, 6) is -1.03. The smallest absolute Gasteiger partial charge is 0.306 e. The Labute approximate surface area is 154 Å². The van der Waals surface area contributed by atoms with E-state index < -0.39 is 5.92 Å². The van der Waals surface area contributed by atoms with Crippen LogP contribution in [-0.2, 0) is 27.4 Å². The number of nitrogens with one attached hydrogen (secondary N) is 1. The van der Waals surface area contributed by atoms with Gasteiger partial charge < -0.3 is 15.8 Å². The van der Waals surface area contributed by atoms with Crippen LogP contribution in [0.4, 0.5) is 0 Å². The van der Waals surface area contributed by atoms with Gasteiger partial charge in [0.25, 0.3) is 0 Å². The highest BCUT2D eigenvalue weighted by molar-refractivity contribution is 5.83. The summed E-state index contributed by atoms with van der Waals surface area (Å²) < 4.78 is 5.21. The van der Waals surface area contributed by atoms with E-state index in [1.807, 2.05) is 60.7 Å². The highest BCUT2D eigenvalue weighted by atomic mass is 16.5. The van der Waals surface area contributed by atoms with Crippen molar-refractivity contribution in [2.45, 2.75) is 32.4 Å². The van der Waals surface area contributed by atoms with Crippen LogP contribution >= 0.6 is 0 Å². The van der Waals surface area contributed by atoms with Crippen molar-refractivity contribution in [1.29, 1.82) is 0 Å². The van der Waals surface area contributed by atoms with Gasteiger partial charge in [0, 0.05) is 18.5 Å². The van der Waals surface area contributed by atoms with Gasteiger partial charge in [-0.1, -0.05) is 67.6 Å². The molecule has 0 radical (unpaired) electrons. The van der Waals surface area contributed by atoms with Crippen LogP contribution < -0.4 is 11.1 Å². The highest BCUT2D eigenvalue weighted by Crippen LogP contribution is 2.07. The topological polar surface area (TPSA) is 81.4 Å². The minimum atomic E-state index is -0.456. The zero-order chi connectivity index (χ0) is 18.8. The molecule has 3 N–H and O–H groups in total. The fourth-order valence-corrected chi connectivity index (χ4v) is 2.53. The molecule has 2 atom stereocenters. The molecule has 2 aromatic carbocycles. The van der Waals surface area contributed by atoms with Crippen LogP contribution in [0.1, 0.15) is 24.5 Å². The third-order valence-electron chi connectivity index (χ3n) is 4.04. The molecule has 0 heterocycles. The number of hydrogen-bond donors (Lipinski definition) is 2. The van der Waals surface area contributed by atoms with E-state index in [0.717, 1.165) is 11.1 Å². The van der Waals surface area contributed by atoms with E-state index in [1.54, 1.807) is 6.92 Å². The van der Waals surface area contributed by atoms with Crippen molar-refractivity contribution in [1.82, 2.24) is 5.32 Å². The lowest BCUT2D eigenvalue weighted by Crippen LogP contribution is -2.41. The van der Waals surface area contributed by atoms with Crippen molar-refractivity contribution in [3.05, 3.63) is 71.8 Å². The minimum Gasteiger partial charge on any atom is -0.461 e. The molecule has 2 aromatic rings. The molecule has 0 spiro atoms. The summed E-state index contributed by atoms with van der Waals surface area (Å²) in [5.41, 5.74) is 8.11. The third kappa shape index (κ3) is 7.07. The molecule has 0 unspecified atom stereocenters. The molecular weight excluding hydrogens is 328 g/mol. The van der Waals surface area contributed by atoms with Gasteiger partial charge >= 0.3 is 5.97 Å². The van der Waals surface area contributed by atoms with E-state index in [0.29, 0.717) is 13.0 Å². The van der Waals surface area contributed by atoms with Crippen molar-refractivity contribution in [2.75, 3.05) is 6.54 Å². The Balaban J connectivity index is 1.67. The Morgan fingerprint density at radius 1 is 1.00 bits per heavy atom. The molecule has 138 valence electrons. The molecule has 5 heteroatoms. The van der Waals surface area contributed by atoms with Crippen LogP contribution in [0.3, 0.4) is 0 Å². The number of rotatable bonds is 9. The largest absolute Gasteiger partial charge is 0.461 e. The van der Waals surface area contributed by atoms with Crippen LogP contribution in [0.25, 0.3) is 0 Å². The van der Waals surface area contributed by atoms with Crippen molar-refractivity contribution in [3.63, 3.8) is 0 Å². The van der Waals surface area contributed by atoms with Gasteiger partial charge in [0.05, 0.1) is 6.42 Å². The fourth-order valence-electron chi connectivity index (χ4n) is 2.53. The molecule has 0 aliphatic carbocycles. The molecular formula is C21H26N2O3. The summed E-state index contributed by atoms with van der Waals surface area (Å²) in [4.78, 5) is 24.0. The second-order valence-electron chi connectivity index (χ2n) is 6.45. The Morgan fingerprint density at radius 2 is 1.58 bits per heavy atom. The molecule has 0 aliphatic rings. The lowest BCUT2D eigenvalue weighted by Gasteiger charge is -2.16. The SMILES string of the molecule is C[C@@H](CC(=O)OCc1ccccc1)C(=O)NC[C@@H](N)Cc1ccccc1. The average Bonchev–Trinajstić information content (AvgIpc) is 2.66. The number of nitrogens with two attached hydrogens (primary N) is 1. The van der Waals surface area contributed by atoms with Crippen LogP contribution in [0.5, 0.6) is 0 Å². The van der Waals surface area contributed by atoms with Gasteiger partial charge in [0.2, 0.25) is 5.91 Å². The van der Waals surface area contributed by atoms with Crippen LogP contribution in [-0.4, -0.2) is 24.5 Å². The lowest BCUT2D eigenvalue weighted by atomic mass is 10.1. The fraction of sp³-hybridized carbons (Fsp3) is 0.333. The zero-order valence-corrected chi connectivity index (χ0v) is 15.1. The van der Waals surface area contributed by atoms with Crippen molar-refractivity contribution < 1.29 is 14.3 Å². The predicted octanol–water partition coefficient (Wildman–Crippen LogP) is 2.44. The number of amides is 1. The summed E-state index contributed by atoms with van der Waals surface area (Å²) in [6, 6.07) is 19.2. The molecule has 0 saturated carbocycles. The van der Waals surface area contributed by atoms with Gasteiger partial charge in [0.15, 0.2) is 0 Å². The van der Waals surface area contributed by atoms with Gasteiger partial charge in [0.1, 0.15) is 6.61 Å². The van der Waals surface area contributed by atoms with Gasteiger partial charge in [-0.05, 0) is 17.5 Å². The third-order valence-corrected chi connectivity index (χ3v) is 4.04. The van der Waals surface area contributed by atoms with E-state index in [1.165, 1.54) is 0 Å². The van der Waals surface area contributed by atoms with Crippen LogP contribution in [0, 0.1) is 5.92 Å². The van der Waals surface area contributed by atoms with Crippen LogP contribution in [0.15, 0.2) is 60.7 Å². The summed E-state index contributed by atoms with van der Waals surface area (Å²) in [5, 5.41) is 2.81. The number of ether oxygens (including phenoxy) is 1. The monoisotopic (exact) mass is 354 g/mol. The summed E-state index contributed by atoms with van der Waals surface area (Å²) in [6.45, 7) is 2.30. The maximum Gasteiger partial charge on any atom is 0.306 e. The van der Waals surface area contributed by atoms with Gasteiger partial charge in [-0.25, -0.2) is 0 Å². The van der Waals surface area contributed by atoms with E-state index in [9.17, 15) is 9.59 Å². The number of benzene rings is 2. The Bertz CT molecular complexity index is 689. The molecule has 1 amide bonds. The average molecular weight is 354 g/mol. The van der Waals surface area contributed by atoms with Crippen LogP contribution in [0.2, 0.25) is 0 Å². The normalized spacial score (nSPS) is 12.8. The quantitative estimate of drug-likeness (QED) is 0.678. The zero-order valence-electron chi connectivity index (χ0n) is 15.1. The number of hydrogen-bond acceptors (Lipinski definition) is 4. The molecule has 5 nitrogen and oxygen atoms in total. The maximum absolute atomic E-state index is 12.1. The van der Waals surface area contributed by atoms with Gasteiger partial charge in [-0.3, -0.25) is 9.59 Å². The van der Waals surface area contributed by atoms with Gasteiger partial charge in [-0.2, -0.15) is 0 Å². The first-order chi connectivity index (χ1) is 12.5. The minimum absolute atomic E-state index is 0.0482. The molecule has 0 aromatic heterocycles. The standard InChI is InChI=1S/C21H26N2O3/c1-16(12-20(24)26-15-18-10-6-3-7-11-18)21(25)23-14-19(22)13-17-8-4-2-5-9-17/h2-11,16,19H,12-15,22H2,1H3,(H,23,25)/t16-,19-/m0/s1.